The summed E-state index contributed by atoms with van der Waals surface area (Å²) in [6.45, 7) is 6.31. The zero-order valence-electron chi connectivity index (χ0n) is 9.45. The second-order valence-electron chi connectivity index (χ2n) is 3.59. The van der Waals surface area contributed by atoms with Crippen molar-refractivity contribution in [3.63, 3.8) is 0 Å². The van der Waals surface area contributed by atoms with Crippen molar-refractivity contribution in [1.29, 1.82) is 0 Å². The van der Waals surface area contributed by atoms with Crippen molar-refractivity contribution in [2.75, 3.05) is 6.61 Å². The average Bonchev–Trinajstić information content (AvgIpc) is 2.63. The molecule has 1 aromatic heterocycles. The summed E-state index contributed by atoms with van der Waals surface area (Å²) in [5, 5.41) is 0. The molecule has 1 aromatic rings. The molecule has 3 nitrogen and oxygen atoms in total. The van der Waals surface area contributed by atoms with E-state index in [-0.39, 0.29) is 11.9 Å². The van der Waals surface area contributed by atoms with E-state index in [1.807, 2.05) is 26.3 Å². The van der Waals surface area contributed by atoms with Crippen molar-refractivity contribution >= 4 is 17.3 Å². The minimum absolute atomic E-state index is 0.00700. The summed E-state index contributed by atoms with van der Waals surface area (Å²) in [4.78, 5) is 16.7. The van der Waals surface area contributed by atoms with Crippen LogP contribution >= 0.6 is 11.3 Å². The highest BCUT2D eigenvalue weighted by Crippen LogP contribution is 2.13. The van der Waals surface area contributed by atoms with Crippen LogP contribution in [0, 0.1) is 12.8 Å². The summed E-state index contributed by atoms with van der Waals surface area (Å²) in [7, 11) is 0. The van der Waals surface area contributed by atoms with Crippen molar-refractivity contribution in [3.8, 4) is 0 Å². The van der Waals surface area contributed by atoms with E-state index >= 15 is 0 Å². The number of carbonyl (C=O) groups excluding carboxylic acids is 1. The summed E-state index contributed by atoms with van der Waals surface area (Å²) < 4.78 is 5.16. The Morgan fingerprint density at radius 3 is 2.93 bits per heavy atom. The maximum Gasteiger partial charge on any atom is 0.308 e. The number of aryl methyl sites for hydroxylation is 1. The predicted molar refractivity (Wildman–Crippen MR) is 61.0 cm³/mol. The predicted octanol–water partition coefficient (Wildman–Crippen LogP) is 2.58. The Balaban J connectivity index is 2.28. The standard InChI is InChI=1S/C11H17NO2S/c1-4-8(2)11(13)14-6-5-10-9(3)12-7-15-10/h7-8H,4-6H2,1-3H3. The fraction of sp³-hybridized carbons (Fsp3) is 0.636. The van der Waals surface area contributed by atoms with Gasteiger partial charge in [0.25, 0.3) is 0 Å². The van der Waals surface area contributed by atoms with E-state index in [0.29, 0.717) is 6.61 Å². The highest BCUT2D eigenvalue weighted by atomic mass is 32.1. The molecule has 0 amide bonds. The maximum absolute atomic E-state index is 11.4. The van der Waals surface area contributed by atoms with Crippen LogP contribution in [0.2, 0.25) is 0 Å². The van der Waals surface area contributed by atoms with E-state index in [1.54, 1.807) is 11.3 Å². The van der Waals surface area contributed by atoms with Gasteiger partial charge in [0, 0.05) is 11.3 Å². The smallest absolute Gasteiger partial charge is 0.308 e. The lowest BCUT2D eigenvalue weighted by atomic mass is 10.1. The Kier molecular flexibility index (Phi) is 4.75. The van der Waals surface area contributed by atoms with E-state index in [4.69, 9.17) is 4.74 Å². The second kappa shape index (κ2) is 5.85. The Hall–Kier alpha value is -0.900. The molecule has 0 fully saturated rings. The molecule has 0 spiro atoms. The molecule has 1 unspecified atom stereocenters. The van der Waals surface area contributed by atoms with Crippen LogP contribution in [0.3, 0.4) is 0 Å². The molecular weight excluding hydrogens is 210 g/mol. The molecule has 4 heteroatoms. The Bertz CT molecular complexity index is 322. The molecule has 0 aliphatic rings. The van der Waals surface area contributed by atoms with Gasteiger partial charge in [-0.15, -0.1) is 11.3 Å². The van der Waals surface area contributed by atoms with Gasteiger partial charge in [-0.3, -0.25) is 4.79 Å². The van der Waals surface area contributed by atoms with Crippen LogP contribution in [-0.2, 0) is 16.0 Å². The van der Waals surface area contributed by atoms with E-state index < -0.39 is 0 Å². The van der Waals surface area contributed by atoms with Gasteiger partial charge in [-0.25, -0.2) is 4.98 Å². The monoisotopic (exact) mass is 227 g/mol. The molecule has 0 bridgehead atoms. The summed E-state index contributed by atoms with van der Waals surface area (Å²) in [5.74, 6) is -0.0905. The zero-order chi connectivity index (χ0) is 11.3. The van der Waals surface area contributed by atoms with Gasteiger partial charge in [-0.05, 0) is 13.3 Å². The summed E-state index contributed by atoms with van der Waals surface area (Å²) in [6, 6.07) is 0. The molecule has 0 saturated carbocycles. The van der Waals surface area contributed by atoms with Gasteiger partial charge in [0.1, 0.15) is 0 Å². The first-order valence-electron chi connectivity index (χ1n) is 5.20. The number of thiazole rings is 1. The third-order valence-corrected chi connectivity index (χ3v) is 3.43. The highest BCUT2D eigenvalue weighted by Gasteiger charge is 2.11. The second-order valence-corrected chi connectivity index (χ2v) is 4.53. The fourth-order valence-corrected chi connectivity index (χ4v) is 1.88. The third kappa shape index (κ3) is 3.63. The van der Waals surface area contributed by atoms with Gasteiger partial charge in [0.15, 0.2) is 0 Å². The van der Waals surface area contributed by atoms with Gasteiger partial charge < -0.3 is 4.74 Å². The van der Waals surface area contributed by atoms with Gasteiger partial charge in [-0.2, -0.15) is 0 Å². The number of hydrogen-bond acceptors (Lipinski definition) is 4. The molecule has 0 aromatic carbocycles. The number of hydrogen-bond donors (Lipinski definition) is 0. The van der Waals surface area contributed by atoms with Crippen molar-refractivity contribution in [2.24, 2.45) is 5.92 Å². The number of aromatic nitrogens is 1. The van der Waals surface area contributed by atoms with Gasteiger partial charge in [0.2, 0.25) is 0 Å². The van der Waals surface area contributed by atoms with Crippen molar-refractivity contribution < 1.29 is 9.53 Å². The molecular formula is C11H17NO2S. The Morgan fingerprint density at radius 2 is 2.40 bits per heavy atom. The van der Waals surface area contributed by atoms with E-state index in [2.05, 4.69) is 4.98 Å². The fourth-order valence-electron chi connectivity index (χ4n) is 1.12. The highest BCUT2D eigenvalue weighted by molar-refractivity contribution is 7.09. The molecule has 1 rings (SSSR count). The lowest BCUT2D eigenvalue weighted by molar-refractivity contribution is -0.147. The molecule has 15 heavy (non-hydrogen) atoms. The van der Waals surface area contributed by atoms with Crippen LogP contribution in [0.25, 0.3) is 0 Å². The van der Waals surface area contributed by atoms with Crippen LogP contribution in [-0.4, -0.2) is 17.6 Å². The SMILES string of the molecule is CCC(C)C(=O)OCCc1scnc1C. The molecule has 1 atom stereocenters. The van der Waals surface area contributed by atoms with Crippen LogP contribution in [0.15, 0.2) is 5.51 Å². The number of carbonyl (C=O) groups is 1. The van der Waals surface area contributed by atoms with Crippen LogP contribution < -0.4 is 0 Å². The lowest BCUT2D eigenvalue weighted by Gasteiger charge is -2.08. The van der Waals surface area contributed by atoms with E-state index in [1.165, 1.54) is 4.88 Å². The van der Waals surface area contributed by atoms with Gasteiger partial charge in [-0.1, -0.05) is 13.8 Å². The minimum atomic E-state index is -0.0975. The average molecular weight is 227 g/mol. The van der Waals surface area contributed by atoms with E-state index in [9.17, 15) is 4.79 Å². The normalized spacial score (nSPS) is 12.5. The molecule has 0 aliphatic heterocycles. The van der Waals surface area contributed by atoms with Crippen LogP contribution in [0.4, 0.5) is 0 Å². The van der Waals surface area contributed by atoms with E-state index in [0.717, 1.165) is 18.5 Å². The number of ether oxygens (including phenoxy) is 1. The van der Waals surface area contributed by atoms with Crippen molar-refractivity contribution in [1.82, 2.24) is 4.98 Å². The quantitative estimate of drug-likeness (QED) is 0.726. The molecule has 0 aliphatic carbocycles. The summed E-state index contributed by atoms with van der Waals surface area (Å²) >= 11 is 1.61. The Morgan fingerprint density at radius 1 is 1.67 bits per heavy atom. The van der Waals surface area contributed by atoms with Crippen LogP contribution in [0.5, 0.6) is 0 Å². The Labute approximate surface area is 94.5 Å². The topological polar surface area (TPSA) is 39.2 Å². The zero-order valence-corrected chi connectivity index (χ0v) is 10.3. The number of nitrogens with zero attached hydrogens (tertiary/aromatic N) is 1. The number of esters is 1. The summed E-state index contributed by atoms with van der Waals surface area (Å²) in [5.41, 5.74) is 2.86. The maximum atomic E-state index is 11.4. The molecule has 0 saturated heterocycles. The minimum Gasteiger partial charge on any atom is -0.465 e. The third-order valence-electron chi connectivity index (χ3n) is 2.43. The largest absolute Gasteiger partial charge is 0.465 e. The molecule has 84 valence electrons. The molecule has 0 N–H and O–H groups in total. The number of rotatable bonds is 5. The van der Waals surface area contributed by atoms with Gasteiger partial charge in [0.05, 0.1) is 23.7 Å². The lowest BCUT2D eigenvalue weighted by Crippen LogP contribution is -2.15. The van der Waals surface area contributed by atoms with Crippen molar-refractivity contribution in [3.05, 3.63) is 16.1 Å². The first-order valence-corrected chi connectivity index (χ1v) is 6.08. The van der Waals surface area contributed by atoms with Crippen LogP contribution in [0.1, 0.15) is 30.8 Å². The van der Waals surface area contributed by atoms with Crippen molar-refractivity contribution in [2.45, 2.75) is 33.6 Å². The molecule has 0 radical (unpaired) electrons. The molecule has 1 heterocycles. The first-order chi connectivity index (χ1) is 7.15. The summed E-state index contributed by atoms with van der Waals surface area (Å²) in [6.07, 6.45) is 1.61. The van der Waals surface area contributed by atoms with Gasteiger partial charge >= 0.3 is 5.97 Å². The first kappa shape index (κ1) is 12.2.